The Morgan fingerprint density at radius 3 is 1.35 bits per heavy atom. The van der Waals surface area contributed by atoms with Crippen molar-refractivity contribution in [1.29, 1.82) is 0 Å². The third-order valence-corrected chi connectivity index (χ3v) is 11.1. The molecule has 0 fully saturated rings. The quantitative estimate of drug-likeness (QED) is 0.0932. The first-order valence-electron chi connectivity index (χ1n) is 21.7. The number of para-hydroxylation sites is 2. The topological polar surface area (TPSA) is 193 Å². The number of carbonyl (C=O) groups is 3. The molecule has 0 aliphatic rings. The number of hydrogen-bond donors (Lipinski definition) is 3. The van der Waals surface area contributed by atoms with Crippen molar-refractivity contribution in [3.63, 3.8) is 0 Å². The van der Waals surface area contributed by atoms with Crippen LogP contribution < -0.4 is 16.4 Å². The van der Waals surface area contributed by atoms with Crippen LogP contribution in [0.1, 0.15) is 42.2 Å². The van der Waals surface area contributed by atoms with Crippen LogP contribution in [-0.4, -0.2) is 57.2 Å². The standard InChI is InChI=1S/C26H16F4N6O2.C26H14F4N6O/c27-20-13-19(26(28,29)30)17(23-32-9-4-10-33-23)12-18(20)25(38)34-24-16-8-7-14(22(31)37)11-21(16)35-36(24)15-5-2-1-3-6-15;1-31-15-8-9-17-22(12-15)35-36(16-6-3-2-4-7-16)24(17)34-25(37)19-13-18(23-32-10-5-11-33-23)20(14-21(19)27)26(28,29)30/h1-13H,(H2,31,37)(H,34,38);2-14H,(H,34,37). The first-order valence-corrected chi connectivity index (χ1v) is 21.7. The van der Waals surface area contributed by atoms with Crippen LogP contribution in [0.5, 0.6) is 0 Å². The molecule has 10 rings (SSSR count). The molecule has 0 atom stereocenters. The number of fused-ring (bicyclic) bond motifs is 2. The lowest BCUT2D eigenvalue weighted by Crippen LogP contribution is -2.18. The van der Waals surface area contributed by atoms with Crippen molar-refractivity contribution in [3.8, 4) is 34.2 Å². The smallest absolute Gasteiger partial charge is 0.366 e. The number of amides is 3. The van der Waals surface area contributed by atoms with E-state index >= 15 is 0 Å². The molecule has 0 radical (unpaired) electrons. The maximum atomic E-state index is 15.0. The number of nitrogens with zero attached hydrogens (tertiary/aromatic N) is 9. The Kier molecular flexibility index (Phi) is 13.3. The number of alkyl halides is 6. The molecule has 15 nitrogen and oxygen atoms in total. The van der Waals surface area contributed by atoms with Crippen LogP contribution in [0.25, 0.3) is 60.8 Å². The van der Waals surface area contributed by atoms with Crippen LogP contribution in [0.3, 0.4) is 0 Å². The van der Waals surface area contributed by atoms with Crippen molar-refractivity contribution < 1.29 is 49.5 Å². The van der Waals surface area contributed by atoms with Crippen molar-refractivity contribution in [2.75, 3.05) is 10.6 Å². The van der Waals surface area contributed by atoms with Crippen LogP contribution in [0.15, 0.2) is 158 Å². The highest BCUT2D eigenvalue weighted by Crippen LogP contribution is 2.40. The van der Waals surface area contributed by atoms with Gasteiger partial charge < -0.3 is 16.4 Å². The molecule has 6 aromatic carbocycles. The second-order valence-corrected chi connectivity index (χ2v) is 15.9. The molecule has 4 aromatic heterocycles. The lowest BCUT2D eigenvalue weighted by Gasteiger charge is -2.15. The third-order valence-electron chi connectivity index (χ3n) is 11.1. The Labute approximate surface area is 416 Å². The van der Waals surface area contributed by atoms with Gasteiger partial charge in [0.2, 0.25) is 5.91 Å². The van der Waals surface area contributed by atoms with Gasteiger partial charge in [0.05, 0.1) is 51.2 Å². The summed E-state index contributed by atoms with van der Waals surface area (Å²) in [6, 6.07) is 31.2. The molecule has 0 saturated carbocycles. The van der Waals surface area contributed by atoms with Gasteiger partial charge in [0.25, 0.3) is 11.8 Å². The molecule has 23 heteroatoms. The summed E-state index contributed by atoms with van der Waals surface area (Å²) in [5.74, 6) is -5.86. The molecule has 4 heterocycles. The Balaban J connectivity index is 0.000000184. The van der Waals surface area contributed by atoms with Crippen LogP contribution in [0.4, 0.5) is 52.4 Å². The van der Waals surface area contributed by atoms with E-state index in [9.17, 15) is 49.5 Å². The molecule has 75 heavy (non-hydrogen) atoms. The summed E-state index contributed by atoms with van der Waals surface area (Å²) in [4.78, 5) is 56.9. The number of nitrogens with two attached hydrogens (primary N) is 1. The lowest BCUT2D eigenvalue weighted by molar-refractivity contribution is -0.138. The van der Waals surface area contributed by atoms with Gasteiger partial charge in [-0.15, -0.1) is 0 Å². The molecule has 0 aliphatic heterocycles. The number of benzene rings is 6. The number of halogens is 8. The zero-order valence-corrected chi connectivity index (χ0v) is 37.9. The molecular weight excluding hydrogens is 993 g/mol. The Bertz CT molecular complexity index is 3870. The number of hydrogen-bond acceptors (Lipinski definition) is 9. The van der Waals surface area contributed by atoms with Gasteiger partial charge in [-0.2, -0.15) is 36.5 Å². The molecule has 372 valence electrons. The van der Waals surface area contributed by atoms with Gasteiger partial charge in [0, 0.05) is 52.3 Å². The average molecular weight is 1020 g/mol. The Morgan fingerprint density at radius 1 is 0.533 bits per heavy atom. The van der Waals surface area contributed by atoms with Gasteiger partial charge in [-0.25, -0.2) is 42.9 Å². The van der Waals surface area contributed by atoms with Crippen LogP contribution in [0.2, 0.25) is 0 Å². The number of nitrogens with one attached hydrogen (secondary N) is 2. The molecule has 0 unspecified atom stereocenters. The van der Waals surface area contributed by atoms with E-state index in [2.05, 4.69) is 45.6 Å². The maximum absolute atomic E-state index is 15.0. The molecule has 0 spiro atoms. The summed E-state index contributed by atoms with van der Waals surface area (Å²) in [5, 5.41) is 14.9. The van der Waals surface area contributed by atoms with E-state index in [-0.39, 0.29) is 41.0 Å². The van der Waals surface area contributed by atoms with Crippen molar-refractivity contribution in [3.05, 3.63) is 209 Å². The van der Waals surface area contributed by atoms with E-state index in [0.717, 1.165) is 12.1 Å². The maximum Gasteiger partial charge on any atom is 0.417 e. The zero-order chi connectivity index (χ0) is 53.2. The van der Waals surface area contributed by atoms with Crippen LogP contribution in [-0.2, 0) is 12.4 Å². The van der Waals surface area contributed by atoms with E-state index in [1.165, 1.54) is 76.6 Å². The number of anilines is 2. The fourth-order valence-electron chi connectivity index (χ4n) is 7.70. The van der Waals surface area contributed by atoms with E-state index in [1.54, 1.807) is 66.7 Å². The highest BCUT2D eigenvalue weighted by molar-refractivity contribution is 6.11. The normalized spacial score (nSPS) is 11.4. The SMILES string of the molecule is NC(=O)c1ccc2c(NC(=O)c3cc(-c4ncccn4)c(C(F)(F)F)cc3F)n(-c3ccccc3)nc2c1.[C-]#[N+]c1ccc2c(NC(=O)c3cc(-c4ncccn4)c(C(F)(F)F)cc3F)n(-c3ccccc3)nc2c1. The highest BCUT2D eigenvalue weighted by Gasteiger charge is 2.38. The van der Waals surface area contributed by atoms with E-state index in [0.29, 0.717) is 38.9 Å². The minimum atomic E-state index is -4.93. The predicted molar refractivity (Wildman–Crippen MR) is 258 cm³/mol. The number of carbonyl (C=O) groups excluding carboxylic acids is 3. The molecule has 0 saturated heterocycles. The molecule has 0 bridgehead atoms. The largest absolute Gasteiger partial charge is 0.417 e. The second-order valence-electron chi connectivity index (χ2n) is 15.9. The van der Waals surface area contributed by atoms with Crippen molar-refractivity contribution >= 4 is 56.9 Å². The first-order chi connectivity index (χ1) is 35.9. The molecule has 10 aromatic rings. The minimum absolute atomic E-state index is 0.101. The molecular formula is C52H30F8N12O3. The molecule has 3 amide bonds. The number of aromatic nitrogens is 8. The Hall–Kier alpha value is -10.2. The van der Waals surface area contributed by atoms with Crippen molar-refractivity contribution in [2.45, 2.75) is 12.4 Å². The van der Waals surface area contributed by atoms with Gasteiger partial charge in [-0.3, -0.25) is 14.4 Å². The van der Waals surface area contributed by atoms with Crippen LogP contribution in [0, 0.1) is 18.2 Å². The first kappa shape index (κ1) is 49.7. The average Bonchev–Trinajstić information content (AvgIpc) is 3.96. The van der Waals surface area contributed by atoms with E-state index in [1.807, 2.05) is 0 Å². The van der Waals surface area contributed by atoms with E-state index in [4.69, 9.17) is 12.3 Å². The lowest BCUT2D eigenvalue weighted by atomic mass is 10.0. The van der Waals surface area contributed by atoms with Gasteiger partial charge in [-0.05, 0) is 84.9 Å². The molecule has 4 N–H and O–H groups in total. The predicted octanol–water partition coefficient (Wildman–Crippen LogP) is 11.4. The highest BCUT2D eigenvalue weighted by atomic mass is 19.4. The zero-order valence-electron chi connectivity index (χ0n) is 37.9. The number of rotatable bonds is 9. The summed E-state index contributed by atoms with van der Waals surface area (Å²) in [6.45, 7) is 7.23. The van der Waals surface area contributed by atoms with Gasteiger partial charge in [0.15, 0.2) is 17.3 Å². The van der Waals surface area contributed by atoms with Gasteiger partial charge in [-0.1, -0.05) is 48.5 Å². The summed E-state index contributed by atoms with van der Waals surface area (Å²) in [6.07, 6.45) is -4.88. The monoisotopic (exact) mass is 1020 g/mol. The van der Waals surface area contributed by atoms with Gasteiger partial charge in [0.1, 0.15) is 23.3 Å². The summed E-state index contributed by atoms with van der Waals surface area (Å²) in [5.41, 5.74) is 2.60. The molecule has 0 aliphatic carbocycles. The number of primary amides is 1. The fraction of sp³-hybridized carbons (Fsp3) is 0.0385. The van der Waals surface area contributed by atoms with Crippen LogP contribution >= 0.6 is 0 Å². The second kappa shape index (κ2) is 20.1. The summed E-state index contributed by atoms with van der Waals surface area (Å²) >= 11 is 0. The third kappa shape index (κ3) is 10.3. The Morgan fingerprint density at radius 2 is 0.947 bits per heavy atom. The van der Waals surface area contributed by atoms with Crippen molar-refractivity contribution in [2.24, 2.45) is 5.73 Å². The minimum Gasteiger partial charge on any atom is -0.366 e. The van der Waals surface area contributed by atoms with E-state index < -0.39 is 75.1 Å². The van der Waals surface area contributed by atoms with Gasteiger partial charge >= 0.3 is 12.4 Å². The summed E-state index contributed by atoms with van der Waals surface area (Å²) < 4.78 is 115. The van der Waals surface area contributed by atoms with Crippen molar-refractivity contribution in [1.82, 2.24) is 39.5 Å². The summed E-state index contributed by atoms with van der Waals surface area (Å²) in [7, 11) is 0. The fourth-order valence-corrected chi connectivity index (χ4v) is 7.70.